The van der Waals surface area contributed by atoms with E-state index in [0.717, 1.165) is 12.3 Å². The Labute approximate surface area is 169 Å². The molecule has 154 valence electrons. The van der Waals surface area contributed by atoms with E-state index >= 15 is 0 Å². The van der Waals surface area contributed by atoms with Gasteiger partial charge in [0.2, 0.25) is 0 Å². The fraction of sp³-hybridized carbons (Fsp3) is 0.200. The number of hydrogen-bond donors (Lipinski definition) is 3. The zero-order chi connectivity index (χ0) is 21.6. The Morgan fingerprint density at radius 3 is 2.28 bits per heavy atom. The van der Waals surface area contributed by atoms with Crippen LogP contribution in [0.1, 0.15) is 24.2 Å². The van der Waals surface area contributed by atoms with Gasteiger partial charge < -0.3 is 14.6 Å². The first-order chi connectivity index (χ1) is 13.6. The second kappa shape index (κ2) is 9.24. The Balaban J connectivity index is 2.32. The number of rotatable bonds is 7. The number of aliphatic hydroxyl groups excluding tert-OH is 1. The maximum atomic E-state index is 12.4. The van der Waals surface area contributed by atoms with Crippen molar-refractivity contribution in [2.45, 2.75) is 24.8 Å². The summed E-state index contributed by atoms with van der Waals surface area (Å²) in [5.41, 5.74) is 0.222. The van der Waals surface area contributed by atoms with E-state index in [-0.39, 0.29) is 22.4 Å². The number of amidine groups is 1. The number of carbonyl (C=O) groups excluding carboxylic acids is 1. The summed E-state index contributed by atoms with van der Waals surface area (Å²) in [6, 6.07) is 10.5. The van der Waals surface area contributed by atoms with Crippen LogP contribution >= 0.6 is 0 Å². The summed E-state index contributed by atoms with van der Waals surface area (Å²) < 4.78 is 34.6. The third kappa shape index (κ3) is 6.65. The predicted molar refractivity (Wildman–Crippen MR) is 108 cm³/mol. The number of carbonyl (C=O) groups is 1. The topological polar surface area (TPSA) is 128 Å². The minimum Gasteiger partial charge on any atom is -0.515 e. The molecule has 0 aliphatic carbocycles. The maximum Gasteiger partial charge on any atom is 0.339 e. The molecule has 9 heteroatoms. The Kier molecular flexibility index (Phi) is 7.00. The van der Waals surface area contributed by atoms with Gasteiger partial charge in [0, 0.05) is 12.3 Å². The summed E-state index contributed by atoms with van der Waals surface area (Å²) in [5, 5.41) is 16.7. The Hall–Kier alpha value is -3.33. The summed E-state index contributed by atoms with van der Waals surface area (Å²) in [7, 11) is -3.31. The molecule has 0 fully saturated rings. The van der Waals surface area contributed by atoms with Crippen molar-refractivity contribution in [1.29, 1.82) is 0 Å². The van der Waals surface area contributed by atoms with Crippen LogP contribution in [0.25, 0.3) is 0 Å². The smallest absolute Gasteiger partial charge is 0.339 e. The number of sulfone groups is 1. The van der Waals surface area contributed by atoms with Crippen LogP contribution < -0.4 is 20.2 Å². The highest BCUT2D eigenvalue weighted by Crippen LogP contribution is 2.29. The number of aliphatic hydroxyl groups is 1. The minimum absolute atomic E-state index is 0.0356. The second-order valence-electron chi connectivity index (χ2n) is 6.43. The number of nitrogens with one attached hydrogen (secondary N) is 1. The van der Waals surface area contributed by atoms with Crippen LogP contribution in [0.5, 0.6) is 17.2 Å². The maximum absolute atomic E-state index is 12.4. The van der Waals surface area contributed by atoms with E-state index in [9.17, 15) is 13.2 Å². The molecule has 0 aliphatic heterocycles. The van der Waals surface area contributed by atoms with E-state index in [1.54, 1.807) is 6.07 Å². The average Bonchev–Trinajstić information content (AvgIpc) is 2.60. The monoisotopic (exact) mass is 419 g/mol. The van der Waals surface area contributed by atoms with Crippen molar-refractivity contribution in [3.05, 3.63) is 60.4 Å². The molecule has 2 aromatic rings. The normalized spacial score (nSPS) is 11.4. The van der Waals surface area contributed by atoms with E-state index in [0.29, 0.717) is 23.5 Å². The molecule has 29 heavy (non-hydrogen) atoms. The quantitative estimate of drug-likeness (QED) is 0.356. The molecule has 2 rings (SSSR count). The standard InChI is InChI=1S/C20H22N2O6S/c1-13(2)27-16-10-14(20(24)22-19(21)8-9-23)11-17(12-16)28-15-4-6-18(7-5-15)29(3,25)26/h4-13,23H,1-3H3,(H2,21,22,24)/p+1/b9-8-. The number of amides is 1. The van der Waals surface area contributed by atoms with Crippen LogP contribution in [0.15, 0.2) is 59.7 Å². The van der Waals surface area contributed by atoms with Crippen LogP contribution in [0.4, 0.5) is 0 Å². The molecule has 8 nitrogen and oxygen atoms in total. The van der Waals surface area contributed by atoms with E-state index in [1.807, 2.05) is 13.8 Å². The largest absolute Gasteiger partial charge is 0.515 e. The SMILES string of the molecule is CC(C)Oc1cc(Oc2ccc(S(C)(=O)=O)cc2)cc(C(=O)NC(=[NH2+])/C=C\O)c1. The molecule has 0 atom stereocenters. The molecule has 1 amide bonds. The van der Waals surface area contributed by atoms with Gasteiger partial charge >= 0.3 is 5.91 Å². The lowest BCUT2D eigenvalue weighted by molar-refractivity contribution is -0.115. The van der Waals surface area contributed by atoms with Crippen LogP contribution in [0, 0.1) is 0 Å². The van der Waals surface area contributed by atoms with Crippen molar-refractivity contribution in [2.24, 2.45) is 0 Å². The van der Waals surface area contributed by atoms with Gasteiger partial charge in [0.05, 0.1) is 28.9 Å². The first-order valence-corrected chi connectivity index (χ1v) is 10.5. The number of ether oxygens (including phenoxy) is 2. The van der Waals surface area contributed by atoms with Gasteiger partial charge in [-0.3, -0.25) is 5.41 Å². The highest BCUT2D eigenvalue weighted by Gasteiger charge is 2.17. The fourth-order valence-corrected chi connectivity index (χ4v) is 2.95. The molecule has 0 aliphatic rings. The molecule has 0 bridgehead atoms. The Bertz CT molecular complexity index is 1030. The average molecular weight is 419 g/mol. The van der Waals surface area contributed by atoms with Gasteiger partial charge in [-0.15, -0.1) is 0 Å². The molecular weight excluding hydrogens is 396 g/mol. The van der Waals surface area contributed by atoms with Crippen molar-refractivity contribution in [3.63, 3.8) is 0 Å². The second-order valence-corrected chi connectivity index (χ2v) is 8.45. The lowest BCUT2D eigenvalue weighted by Gasteiger charge is -2.13. The molecule has 0 saturated heterocycles. The van der Waals surface area contributed by atoms with Gasteiger partial charge in [-0.05, 0) is 50.2 Å². The Morgan fingerprint density at radius 1 is 1.10 bits per heavy atom. The lowest BCUT2D eigenvalue weighted by atomic mass is 10.2. The molecule has 0 spiro atoms. The highest BCUT2D eigenvalue weighted by atomic mass is 32.2. The van der Waals surface area contributed by atoms with Crippen LogP contribution in [0.3, 0.4) is 0 Å². The van der Waals surface area contributed by atoms with Gasteiger partial charge in [0.1, 0.15) is 17.2 Å². The minimum atomic E-state index is -3.31. The highest BCUT2D eigenvalue weighted by molar-refractivity contribution is 7.90. The van der Waals surface area contributed by atoms with Crippen molar-refractivity contribution < 1.29 is 33.2 Å². The van der Waals surface area contributed by atoms with Crippen molar-refractivity contribution in [1.82, 2.24) is 5.32 Å². The summed E-state index contributed by atoms with van der Waals surface area (Å²) in [5.74, 6) is 0.557. The molecule has 0 saturated carbocycles. The van der Waals surface area contributed by atoms with Crippen molar-refractivity contribution in [2.75, 3.05) is 6.26 Å². The van der Waals surface area contributed by atoms with Crippen LogP contribution in [-0.4, -0.2) is 37.6 Å². The van der Waals surface area contributed by atoms with Gasteiger partial charge in [0.25, 0.3) is 5.84 Å². The number of nitrogens with two attached hydrogens (primary N) is 1. The van der Waals surface area contributed by atoms with Gasteiger partial charge in [-0.2, -0.15) is 0 Å². The van der Waals surface area contributed by atoms with Gasteiger partial charge in [0.15, 0.2) is 9.84 Å². The predicted octanol–water partition coefficient (Wildman–Crippen LogP) is 1.63. The molecule has 4 N–H and O–H groups in total. The summed E-state index contributed by atoms with van der Waals surface area (Å²) in [6.07, 6.45) is 2.83. The fourth-order valence-electron chi connectivity index (χ4n) is 2.32. The van der Waals surface area contributed by atoms with Crippen molar-refractivity contribution >= 4 is 21.6 Å². The first-order valence-electron chi connectivity index (χ1n) is 8.62. The number of hydrogen-bond acceptors (Lipinski definition) is 6. The third-order valence-electron chi connectivity index (χ3n) is 3.51. The van der Waals surface area contributed by atoms with E-state index < -0.39 is 15.7 Å². The summed E-state index contributed by atoms with van der Waals surface area (Å²) in [4.78, 5) is 12.6. The van der Waals surface area contributed by atoms with Gasteiger partial charge in [-0.1, -0.05) is 0 Å². The Morgan fingerprint density at radius 2 is 1.72 bits per heavy atom. The van der Waals surface area contributed by atoms with Crippen molar-refractivity contribution in [3.8, 4) is 17.2 Å². The zero-order valence-corrected chi connectivity index (χ0v) is 17.1. The van der Waals surface area contributed by atoms with E-state index in [1.165, 1.54) is 36.4 Å². The molecule has 0 heterocycles. The number of benzene rings is 2. The first kappa shape index (κ1) is 22.0. The molecule has 0 aromatic heterocycles. The van der Waals surface area contributed by atoms with E-state index in [2.05, 4.69) is 5.32 Å². The third-order valence-corrected chi connectivity index (χ3v) is 4.64. The summed E-state index contributed by atoms with van der Waals surface area (Å²) in [6.45, 7) is 3.68. The van der Waals surface area contributed by atoms with Gasteiger partial charge in [-0.25, -0.2) is 18.5 Å². The van der Waals surface area contributed by atoms with Crippen LogP contribution in [0.2, 0.25) is 0 Å². The zero-order valence-electron chi connectivity index (χ0n) is 16.2. The molecule has 0 radical (unpaired) electrons. The van der Waals surface area contributed by atoms with E-state index in [4.69, 9.17) is 20.0 Å². The lowest BCUT2D eigenvalue weighted by Crippen LogP contribution is -2.49. The summed E-state index contributed by atoms with van der Waals surface area (Å²) >= 11 is 0. The molecule has 0 unspecified atom stereocenters. The van der Waals surface area contributed by atoms with Crippen LogP contribution in [-0.2, 0) is 9.84 Å². The molecule has 2 aromatic carbocycles. The molecular formula is C20H23N2O6S+.